The number of rotatable bonds is 9. The fraction of sp³-hybridized carbons (Fsp3) is 0.333. The Morgan fingerprint density at radius 3 is 2.33 bits per heavy atom. The highest BCUT2D eigenvalue weighted by Crippen LogP contribution is 2.29. The molecule has 42 heavy (non-hydrogen) atoms. The number of ether oxygens (including phenoxy) is 1. The molecule has 0 bridgehead atoms. The van der Waals surface area contributed by atoms with Crippen LogP contribution in [0.5, 0.6) is 0 Å². The topological polar surface area (TPSA) is 126 Å². The molecule has 3 aromatic carbocycles. The molecule has 3 atom stereocenters. The van der Waals surface area contributed by atoms with E-state index in [2.05, 4.69) is 39.9 Å². The van der Waals surface area contributed by atoms with Crippen molar-refractivity contribution in [3.05, 3.63) is 107 Å². The van der Waals surface area contributed by atoms with Crippen molar-refractivity contribution in [2.75, 3.05) is 13.1 Å². The van der Waals surface area contributed by atoms with Gasteiger partial charge in [-0.15, -0.1) is 0 Å². The van der Waals surface area contributed by atoms with Crippen LogP contribution in [0, 0.1) is 0 Å². The van der Waals surface area contributed by atoms with Gasteiger partial charge in [0.05, 0.1) is 0 Å². The number of hydrogen-bond donors (Lipinski definition) is 3. The van der Waals surface area contributed by atoms with Gasteiger partial charge in [-0.25, -0.2) is 4.79 Å². The number of nitrogens with one attached hydrogen (secondary N) is 2. The second-order valence-corrected chi connectivity index (χ2v) is 10.8. The lowest BCUT2D eigenvalue weighted by atomic mass is 9.85. The van der Waals surface area contributed by atoms with Gasteiger partial charge < -0.3 is 26.0 Å². The average Bonchev–Trinajstić information content (AvgIpc) is 3.00. The van der Waals surface area contributed by atoms with Crippen LogP contribution in [0.4, 0.5) is 4.79 Å². The number of carbonyl (C=O) groups excluding carboxylic acids is 3. The Morgan fingerprint density at radius 2 is 1.64 bits per heavy atom. The molecule has 3 amide bonds. The van der Waals surface area contributed by atoms with Crippen molar-refractivity contribution in [2.45, 2.75) is 56.8 Å². The monoisotopic (exact) mass is 567 g/mol. The quantitative estimate of drug-likeness (QED) is 0.266. The van der Waals surface area contributed by atoms with Gasteiger partial charge in [0.2, 0.25) is 11.8 Å². The number of nitrogens with two attached hydrogens (primary N) is 1. The van der Waals surface area contributed by atoms with E-state index in [1.807, 2.05) is 48.5 Å². The molecule has 218 valence electrons. The summed E-state index contributed by atoms with van der Waals surface area (Å²) in [7, 11) is 0. The van der Waals surface area contributed by atoms with Gasteiger partial charge in [0.15, 0.2) is 0 Å². The molecule has 0 spiro atoms. The third-order valence-corrected chi connectivity index (χ3v) is 7.96. The largest absolute Gasteiger partial charge is 0.443 e. The number of amides is 3. The first-order valence-electron chi connectivity index (χ1n) is 14.5. The fourth-order valence-corrected chi connectivity index (χ4v) is 5.49. The Bertz CT molecular complexity index is 1390. The van der Waals surface area contributed by atoms with Crippen molar-refractivity contribution in [1.82, 2.24) is 15.5 Å². The summed E-state index contributed by atoms with van der Waals surface area (Å²) < 4.78 is 5.15. The molecule has 2 heterocycles. The van der Waals surface area contributed by atoms with E-state index in [1.54, 1.807) is 17.0 Å². The van der Waals surface area contributed by atoms with E-state index in [4.69, 9.17) is 10.5 Å². The smallest absolute Gasteiger partial charge is 0.435 e. The zero-order valence-corrected chi connectivity index (χ0v) is 23.6. The minimum absolute atomic E-state index is 0.0222. The Morgan fingerprint density at radius 1 is 0.929 bits per heavy atom. The maximum Gasteiger partial charge on any atom is 0.435 e. The Labute approximate surface area is 246 Å². The van der Waals surface area contributed by atoms with Crippen LogP contribution in [-0.4, -0.2) is 53.8 Å². The SMILES string of the molecule is N/C(=N\C(=O)OCc1ccccc1)c1ccc(CNC(=O)[C@@H]2CCN2C(=O)C[C@H]2C[C@@H](c3ccccc3)CCN2)cc1. The van der Waals surface area contributed by atoms with Crippen molar-refractivity contribution in [3.8, 4) is 0 Å². The molecule has 9 nitrogen and oxygen atoms in total. The number of nitrogens with zero attached hydrogens (tertiary/aromatic N) is 2. The molecule has 0 aliphatic carbocycles. The highest BCUT2D eigenvalue weighted by Gasteiger charge is 2.38. The molecule has 2 fully saturated rings. The molecule has 0 radical (unpaired) electrons. The van der Waals surface area contributed by atoms with E-state index in [0.29, 0.717) is 37.4 Å². The van der Waals surface area contributed by atoms with E-state index in [-0.39, 0.29) is 30.3 Å². The second-order valence-electron chi connectivity index (χ2n) is 10.8. The third kappa shape index (κ3) is 7.61. The zero-order chi connectivity index (χ0) is 29.3. The fourth-order valence-electron chi connectivity index (χ4n) is 5.49. The third-order valence-electron chi connectivity index (χ3n) is 7.96. The molecular formula is C33H37N5O4. The van der Waals surface area contributed by atoms with Crippen LogP contribution >= 0.6 is 0 Å². The van der Waals surface area contributed by atoms with Crippen LogP contribution in [0.1, 0.15) is 53.9 Å². The molecule has 2 aliphatic rings. The number of amidine groups is 1. The van der Waals surface area contributed by atoms with Gasteiger partial charge in [-0.05, 0) is 48.4 Å². The number of hydrogen-bond acceptors (Lipinski definition) is 5. The number of aliphatic imine (C=N–C) groups is 1. The zero-order valence-electron chi connectivity index (χ0n) is 23.6. The summed E-state index contributed by atoms with van der Waals surface area (Å²) in [5, 5.41) is 6.44. The van der Waals surface area contributed by atoms with Crippen LogP contribution in [0.25, 0.3) is 0 Å². The van der Waals surface area contributed by atoms with Gasteiger partial charge in [-0.2, -0.15) is 4.99 Å². The van der Waals surface area contributed by atoms with E-state index < -0.39 is 12.1 Å². The highest BCUT2D eigenvalue weighted by molar-refractivity contribution is 6.02. The van der Waals surface area contributed by atoms with Crippen LogP contribution in [-0.2, 0) is 27.5 Å². The maximum atomic E-state index is 13.1. The predicted octanol–water partition coefficient (Wildman–Crippen LogP) is 3.87. The maximum absolute atomic E-state index is 13.1. The summed E-state index contributed by atoms with van der Waals surface area (Å²) in [5.74, 6) is 0.366. The molecule has 3 aromatic rings. The van der Waals surface area contributed by atoms with E-state index >= 15 is 0 Å². The van der Waals surface area contributed by atoms with Crippen molar-refractivity contribution < 1.29 is 19.1 Å². The van der Waals surface area contributed by atoms with Crippen LogP contribution < -0.4 is 16.4 Å². The van der Waals surface area contributed by atoms with Gasteiger partial charge in [-0.1, -0.05) is 84.9 Å². The molecule has 0 saturated carbocycles. The standard InChI is InChI=1S/C33H37N5O4/c34-31(37-33(41)42-22-24-7-3-1-4-8-24)26-13-11-23(12-14-26)21-36-32(40)29-16-18-38(29)30(39)20-28-19-27(15-17-35-28)25-9-5-2-6-10-25/h1-14,27-29,35H,15-22H2,(H,36,40)(H2,34,37,41)/t27-,28+,29-/m0/s1. The molecule has 2 aliphatic heterocycles. The molecule has 0 unspecified atom stereocenters. The highest BCUT2D eigenvalue weighted by atomic mass is 16.5. The first-order valence-corrected chi connectivity index (χ1v) is 14.5. The van der Waals surface area contributed by atoms with E-state index in [9.17, 15) is 14.4 Å². The second kappa shape index (κ2) is 13.9. The number of benzene rings is 3. The summed E-state index contributed by atoms with van der Waals surface area (Å²) in [6.07, 6.45) is 2.28. The van der Waals surface area contributed by atoms with Crippen LogP contribution in [0.3, 0.4) is 0 Å². The summed E-state index contributed by atoms with van der Waals surface area (Å²) in [6.45, 7) is 1.92. The molecule has 0 aromatic heterocycles. The summed E-state index contributed by atoms with van der Waals surface area (Å²) >= 11 is 0. The minimum Gasteiger partial charge on any atom is -0.443 e. The Kier molecular flexibility index (Phi) is 9.61. The number of piperidine rings is 1. The van der Waals surface area contributed by atoms with E-state index in [1.165, 1.54) is 5.56 Å². The Balaban J connectivity index is 1.06. The normalized spacial score (nSPS) is 20.3. The molecule has 9 heteroatoms. The van der Waals surface area contributed by atoms with Crippen molar-refractivity contribution in [3.63, 3.8) is 0 Å². The molecule has 2 saturated heterocycles. The number of carbonyl (C=O) groups is 3. The lowest BCUT2D eigenvalue weighted by Gasteiger charge is -2.41. The average molecular weight is 568 g/mol. The predicted molar refractivity (Wildman–Crippen MR) is 161 cm³/mol. The Hall–Kier alpha value is -4.50. The summed E-state index contributed by atoms with van der Waals surface area (Å²) in [4.78, 5) is 43.5. The first kappa shape index (κ1) is 29.0. The minimum atomic E-state index is -0.762. The van der Waals surface area contributed by atoms with Gasteiger partial charge in [-0.3, -0.25) is 9.59 Å². The summed E-state index contributed by atoms with van der Waals surface area (Å²) in [6, 6.07) is 26.6. The van der Waals surface area contributed by atoms with Gasteiger partial charge in [0, 0.05) is 31.1 Å². The van der Waals surface area contributed by atoms with Crippen LogP contribution in [0.2, 0.25) is 0 Å². The molecule has 5 rings (SSSR count). The van der Waals surface area contributed by atoms with Crippen molar-refractivity contribution >= 4 is 23.7 Å². The molecular weight excluding hydrogens is 530 g/mol. The number of likely N-dealkylation sites (tertiary alicyclic amines) is 1. The van der Waals surface area contributed by atoms with Crippen molar-refractivity contribution in [1.29, 1.82) is 0 Å². The van der Waals surface area contributed by atoms with E-state index in [0.717, 1.165) is 30.5 Å². The van der Waals surface area contributed by atoms with Crippen molar-refractivity contribution in [2.24, 2.45) is 10.7 Å². The van der Waals surface area contributed by atoms with Crippen LogP contribution in [0.15, 0.2) is 89.9 Å². The lowest BCUT2D eigenvalue weighted by molar-refractivity contribution is -0.147. The van der Waals surface area contributed by atoms with Gasteiger partial charge in [0.25, 0.3) is 0 Å². The molecule has 4 N–H and O–H groups in total. The summed E-state index contributed by atoms with van der Waals surface area (Å²) in [5.41, 5.74) is 9.60. The van der Waals surface area contributed by atoms with Gasteiger partial charge >= 0.3 is 6.09 Å². The lowest BCUT2D eigenvalue weighted by Crippen LogP contribution is -2.59. The van der Waals surface area contributed by atoms with Gasteiger partial charge in [0.1, 0.15) is 18.5 Å². The first-order chi connectivity index (χ1) is 20.5.